The number of aromatic nitrogens is 1. The van der Waals surface area contributed by atoms with E-state index in [0.717, 1.165) is 9.90 Å². The van der Waals surface area contributed by atoms with Gasteiger partial charge in [-0.2, -0.15) is 0 Å². The summed E-state index contributed by atoms with van der Waals surface area (Å²) in [4.78, 5) is 16.7. The summed E-state index contributed by atoms with van der Waals surface area (Å²) in [5, 5.41) is 3.44. The van der Waals surface area contributed by atoms with Crippen molar-refractivity contribution < 1.29 is 4.79 Å². The number of nitrogens with zero attached hydrogens (tertiary/aromatic N) is 1. The van der Waals surface area contributed by atoms with Crippen molar-refractivity contribution in [3.8, 4) is 0 Å². The predicted molar refractivity (Wildman–Crippen MR) is 73.0 cm³/mol. The molecular weight excluding hydrogens is 274 g/mol. The number of halogens is 1. The van der Waals surface area contributed by atoms with Gasteiger partial charge in [-0.3, -0.25) is 4.79 Å². The Bertz CT molecular complexity index is 499. The highest BCUT2D eigenvalue weighted by Gasteiger charge is 2.08. The molecule has 0 radical (unpaired) electrons. The van der Waals surface area contributed by atoms with Gasteiger partial charge in [-0.05, 0) is 12.1 Å². The first-order valence-electron chi connectivity index (χ1n) is 5.03. The van der Waals surface area contributed by atoms with Crippen LogP contribution in [0.2, 0.25) is 5.02 Å². The molecule has 0 aliphatic heterocycles. The van der Waals surface area contributed by atoms with Gasteiger partial charge >= 0.3 is 0 Å². The van der Waals surface area contributed by atoms with E-state index in [4.69, 9.17) is 11.6 Å². The molecule has 88 valence electrons. The molecule has 0 amide bonds. The number of ketones is 1. The van der Waals surface area contributed by atoms with Crippen molar-refractivity contribution in [2.75, 3.05) is 5.75 Å². The van der Waals surface area contributed by atoms with E-state index in [1.807, 2.05) is 29.6 Å². The Morgan fingerprint density at radius 2 is 2.24 bits per heavy atom. The average Bonchev–Trinajstić information content (AvgIpc) is 2.81. The third-order valence-corrected chi connectivity index (χ3v) is 4.41. The molecule has 0 fully saturated rings. The maximum absolute atomic E-state index is 11.7. The van der Waals surface area contributed by atoms with E-state index in [-0.39, 0.29) is 5.78 Å². The largest absolute Gasteiger partial charge is 0.298 e. The fourth-order valence-electron chi connectivity index (χ4n) is 1.28. The zero-order chi connectivity index (χ0) is 12.1. The molecule has 0 bridgehead atoms. The van der Waals surface area contributed by atoms with E-state index in [0.29, 0.717) is 17.2 Å². The van der Waals surface area contributed by atoms with Gasteiger partial charge in [0.15, 0.2) is 0 Å². The second kappa shape index (κ2) is 6.19. The van der Waals surface area contributed by atoms with Crippen LogP contribution in [0.1, 0.15) is 5.01 Å². The van der Waals surface area contributed by atoms with Crippen LogP contribution in [0.4, 0.5) is 0 Å². The number of rotatable bonds is 5. The number of thiazole rings is 1. The topological polar surface area (TPSA) is 30.0 Å². The highest BCUT2D eigenvalue weighted by atomic mass is 35.5. The van der Waals surface area contributed by atoms with Crippen LogP contribution in [-0.2, 0) is 11.2 Å². The minimum Gasteiger partial charge on any atom is -0.298 e. The zero-order valence-electron chi connectivity index (χ0n) is 8.93. The summed E-state index contributed by atoms with van der Waals surface area (Å²) in [6.07, 6.45) is 2.13. The molecule has 5 heteroatoms. The Kier molecular flexibility index (Phi) is 4.59. The number of benzene rings is 1. The van der Waals surface area contributed by atoms with E-state index >= 15 is 0 Å². The molecule has 0 aliphatic carbocycles. The number of Topliss-reactive ketones (excluding diaryl/α,β-unsaturated/α-hetero) is 1. The Labute approximate surface area is 113 Å². The van der Waals surface area contributed by atoms with Gasteiger partial charge in [-0.25, -0.2) is 4.98 Å². The molecule has 0 aliphatic rings. The van der Waals surface area contributed by atoms with Crippen LogP contribution in [-0.4, -0.2) is 16.5 Å². The standard InChI is InChI=1S/C12H10ClNOS2/c13-10-3-1-2-4-11(10)17-8-9(15)7-12-14-5-6-16-12/h1-6H,7-8H2. The second-order valence-corrected chi connectivity index (χ2v) is 5.76. The van der Waals surface area contributed by atoms with Crippen LogP contribution in [0.3, 0.4) is 0 Å². The van der Waals surface area contributed by atoms with Gasteiger partial charge in [0.05, 0.1) is 22.2 Å². The molecule has 0 N–H and O–H groups in total. The Balaban J connectivity index is 1.86. The Hall–Kier alpha value is -0.840. The number of thioether (sulfide) groups is 1. The summed E-state index contributed by atoms with van der Waals surface area (Å²) in [7, 11) is 0. The van der Waals surface area contributed by atoms with Gasteiger partial charge in [0, 0.05) is 16.5 Å². The van der Waals surface area contributed by atoms with Gasteiger partial charge in [0.2, 0.25) is 0 Å². The fourth-order valence-corrected chi connectivity index (χ4v) is 3.02. The number of carbonyl (C=O) groups excluding carboxylic acids is 1. The van der Waals surface area contributed by atoms with Gasteiger partial charge in [0.25, 0.3) is 0 Å². The number of hydrogen-bond acceptors (Lipinski definition) is 4. The van der Waals surface area contributed by atoms with Gasteiger partial charge < -0.3 is 0 Å². The monoisotopic (exact) mass is 283 g/mol. The van der Waals surface area contributed by atoms with Crippen LogP contribution < -0.4 is 0 Å². The predicted octanol–water partition coefficient (Wildman–Crippen LogP) is 3.70. The maximum atomic E-state index is 11.7. The minimum absolute atomic E-state index is 0.171. The summed E-state index contributed by atoms with van der Waals surface area (Å²) < 4.78 is 0. The second-order valence-electron chi connectivity index (χ2n) is 3.36. The van der Waals surface area contributed by atoms with Crippen LogP contribution in [0.25, 0.3) is 0 Å². The molecule has 2 rings (SSSR count). The third kappa shape index (κ3) is 3.84. The fraction of sp³-hybridized carbons (Fsp3) is 0.167. The minimum atomic E-state index is 0.171. The summed E-state index contributed by atoms with van der Waals surface area (Å²) in [5.74, 6) is 0.605. The SMILES string of the molecule is O=C(CSc1ccccc1Cl)Cc1nccs1. The van der Waals surface area contributed by atoms with E-state index in [1.54, 1.807) is 6.20 Å². The lowest BCUT2D eigenvalue weighted by atomic mass is 10.3. The zero-order valence-corrected chi connectivity index (χ0v) is 11.3. The lowest BCUT2D eigenvalue weighted by molar-refractivity contribution is -0.116. The first-order valence-corrected chi connectivity index (χ1v) is 7.27. The number of hydrogen-bond donors (Lipinski definition) is 0. The van der Waals surface area contributed by atoms with Crippen molar-refractivity contribution in [1.82, 2.24) is 4.98 Å². The molecular formula is C12H10ClNOS2. The van der Waals surface area contributed by atoms with Crippen LogP contribution in [0.15, 0.2) is 40.7 Å². The summed E-state index contributed by atoms with van der Waals surface area (Å²) >= 11 is 8.99. The lowest BCUT2D eigenvalue weighted by Crippen LogP contribution is -2.05. The van der Waals surface area contributed by atoms with E-state index in [2.05, 4.69) is 4.98 Å². The van der Waals surface area contributed by atoms with Gasteiger partial charge in [0.1, 0.15) is 5.78 Å². The van der Waals surface area contributed by atoms with Crippen LogP contribution in [0.5, 0.6) is 0 Å². The molecule has 2 aromatic rings. The lowest BCUT2D eigenvalue weighted by Gasteiger charge is -2.02. The van der Waals surface area contributed by atoms with Crippen molar-refractivity contribution >= 4 is 40.5 Å². The first-order chi connectivity index (χ1) is 8.25. The smallest absolute Gasteiger partial charge is 0.149 e. The van der Waals surface area contributed by atoms with Crippen LogP contribution >= 0.6 is 34.7 Å². The molecule has 1 aromatic heterocycles. The summed E-state index contributed by atoms with van der Waals surface area (Å²) in [6.45, 7) is 0. The Morgan fingerprint density at radius 3 is 2.94 bits per heavy atom. The molecule has 0 spiro atoms. The molecule has 1 aromatic carbocycles. The first kappa shape index (κ1) is 12.6. The van der Waals surface area contributed by atoms with Gasteiger partial charge in [-0.15, -0.1) is 23.1 Å². The van der Waals surface area contributed by atoms with Crippen molar-refractivity contribution in [2.45, 2.75) is 11.3 Å². The maximum Gasteiger partial charge on any atom is 0.149 e. The van der Waals surface area contributed by atoms with Gasteiger partial charge in [-0.1, -0.05) is 23.7 Å². The number of carbonyl (C=O) groups is 1. The average molecular weight is 284 g/mol. The van der Waals surface area contributed by atoms with Crippen molar-refractivity contribution in [3.05, 3.63) is 45.9 Å². The molecule has 0 atom stereocenters. The highest BCUT2D eigenvalue weighted by Crippen LogP contribution is 2.26. The molecule has 1 heterocycles. The summed E-state index contributed by atoms with van der Waals surface area (Å²) in [6, 6.07) is 7.54. The van der Waals surface area contributed by atoms with Crippen LogP contribution in [0, 0.1) is 0 Å². The quantitative estimate of drug-likeness (QED) is 0.784. The normalized spacial score (nSPS) is 10.4. The van der Waals surface area contributed by atoms with E-state index in [9.17, 15) is 4.79 Å². The Morgan fingerprint density at radius 1 is 1.41 bits per heavy atom. The highest BCUT2D eigenvalue weighted by molar-refractivity contribution is 8.00. The van der Waals surface area contributed by atoms with Crippen molar-refractivity contribution in [3.63, 3.8) is 0 Å². The third-order valence-electron chi connectivity index (χ3n) is 2.06. The molecule has 0 saturated heterocycles. The molecule has 0 saturated carbocycles. The molecule has 17 heavy (non-hydrogen) atoms. The summed E-state index contributed by atoms with van der Waals surface area (Å²) in [5.41, 5.74) is 0. The van der Waals surface area contributed by atoms with E-state index in [1.165, 1.54) is 23.1 Å². The molecule has 2 nitrogen and oxygen atoms in total. The van der Waals surface area contributed by atoms with Crippen molar-refractivity contribution in [1.29, 1.82) is 0 Å². The van der Waals surface area contributed by atoms with Crippen molar-refractivity contribution in [2.24, 2.45) is 0 Å². The van der Waals surface area contributed by atoms with E-state index < -0.39 is 0 Å². The molecule has 0 unspecified atom stereocenters.